The second kappa shape index (κ2) is 5.90. The predicted molar refractivity (Wildman–Crippen MR) is 92.4 cm³/mol. The molecule has 0 amide bonds. The van der Waals surface area contributed by atoms with E-state index in [9.17, 15) is 9.90 Å². The Balaban J connectivity index is 2.03. The molecular formula is C17H20BFO4S. The number of thioether (sulfide) groups is 1. The molecule has 0 spiro atoms. The van der Waals surface area contributed by atoms with Crippen molar-refractivity contribution in [3.63, 3.8) is 0 Å². The molecule has 1 saturated heterocycles. The smallest absolute Gasteiger partial charge is 0.480 e. The Bertz CT molecular complexity index is 700. The monoisotopic (exact) mass is 350 g/mol. The number of aliphatic carboxylic acids is 1. The molecule has 0 bridgehead atoms. The summed E-state index contributed by atoms with van der Waals surface area (Å²) >= 11 is 1.25. The van der Waals surface area contributed by atoms with Crippen LogP contribution < -0.4 is 0 Å². The molecule has 0 aromatic heterocycles. The van der Waals surface area contributed by atoms with E-state index in [0.717, 1.165) is 4.90 Å². The second-order valence-corrected chi connectivity index (χ2v) is 8.30. The van der Waals surface area contributed by atoms with Crippen LogP contribution in [0.3, 0.4) is 0 Å². The molecule has 1 N–H and O–H groups in total. The highest BCUT2D eigenvalue weighted by Crippen LogP contribution is 2.46. The van der Waals surface area contributed by atoms with Gasteiger partial charge in [0.05, 0.1) is 11.2 Å². The SMILES string of the molecule is CC1(C)OB(C(F)=C2CC(C(=O)O)Sc3ccccc32)OC1(C)C. The van der Waals surface area contributed by atoms with Crippen LogP contribution in [0.2, 0.25) is 0 Å². The molecule has 1 fully saturated rings. The zero-order valence-corrected chi connectivity index (χ0v) is 14.9. The van der Waals surface area contributed by atoms with Gasteiger partial charge in [-0.1, -0.05) is 18.2 Å². The maximum Gasteiger partial charge on any atom is 0.525 e. The summed E-state index contributed by atoms with van der Waals surface area (Å²) in [4.78, 5) is 12.2. The lowest BCUT2D eigenvalue weighted by Gasteiger charge is -2.32. The number of carboxylic acid groups (broad SMARTS) is 1. The number of benzene rings is 1. The summed E-state index contributed by atoms with van der Waals surface area (Å²) < 4.78 is 26.8. The van der Waals surface area contributed by atoms with Gasteiger partial charge in [-0.3, -0.25) is 4.79 Å². The van der Waals surface area contributed by atoms with Gasteiger partial charge in [-0.25, -0.2) is 4.39 Å². The predicted octanol–water partition coefficient (Wildman–Crippen LogP) is 3.95. The molecule has 7 heteroatoms. The second-order valence-electron chi connectivity index (χ2n) is 7.06. The third kappa shape index (κ3) is 2.89. The quantitative estimate of drug-likeness (QED) is 0.819. The first kappa shape index (κ1) is 17.5. The van der Waals surface area contributed by atoms with Crippen molar-refractivity contribution in [2.24, 2.45) is 0 Å². The van der Waals surface area contributed by atoms with E-state index in [1.165, 1.54) is 11.8 Å². The van der Waals surface area contributed by atoms with Crippen LogP contribution >= 0.6 is 11.8 Å². The van der Waals surface area contributed by atoms with E-state index in [1.807, 2.05) is 45.9 Å². The molecule has 1 aromatic rings. The highest BCUT2D eigenvalue weighted by Gasteiger charge is 2.54. The molecule has 2 aliphatic rings. The number of rotatable bonds is 2. The van der Waals surface area contributed by atoms with E-state index in [4.69, 9.17) is 9.31 Å². The zero-order valence-electron chi connectivity index (χ0n) is 14.1. The Morgan fingerprint density at radius 1 is 1.25 bits per heavy atom. The molecule has 3 rings (SSSR count). The summed E-state index contributed by atoms with van der Waals surface area (Å²) in [6, 6.07) is 7.26. The minimum Gasteiger partial charge on any atom is -0.480 e. The molecular weight excluding hydrogens is 330 g/mol. The molecule has 0 saturated carbocycles. The van der Waals surface area contributed by atoms with E-state index >= 15 is 4.39 Å². The van der Waals surface area contributed by atoms with E-state index in [-0.39, 0.29) is 6.42 Å². The van der Waals surface area contributed by atoms with Gasteiger partial charge in [0.15, 0.2) is 0 Å². The topological polar surface area (TPSA) is 55.8 Å². The van der Waals surface area contributed by atoms with Gasteiger partial charge in [0.1, 0.15) is 11.0 Å². The molecule has 2 aliphatic heterocycles. The standard InChI is InChI=1S/C17H20BFO4S/c1-16(2)17(3,4)23-18(22-16)14(19)11-9-13(15(20)21)24-12-8-6-5-7-10(11)12/h5-8,13H,9H2,1-4H3,(H,20,21). The van der Waals surface area contributed by atoms with E-state index in [0.29, 0.717) is 11.1 Å². The fourth-order valence-electron chi connectivity index (χ4n) is 2.76. The van der Waals surface area contributed by atoms with Gasteiger partial charge in [-0.2, -0.15) is 0 Å². The van der Waals surface area contributed by atoms with E-state index < -0.39 is 35.3 Å². The zero-order chi connectivity index (χ0) is 17.7. The lowest BCUT2D eigenvalue weighted by molar-refractivity contribution is -0.136. The largest absolute Gasteiger partial charge is 0.525 e. The summed E-state index contributed by atoms with van der Waals surface area (Å²) in [5, 5.41) is 8.65. The molecule has 1 atom stereocenters. The van der Waals surface area contributed by atoms with Crippen molar-refractivity contribution in [1.29, 1.82) is 0 Å². The Hall–Kier alpha value is -1.31. The fraction of sp³-hybridized carbons (Fsp3) is 0.471. The highest BCUT2D eigenvalue weighted by molar-refractivity contribution is 8.00. The summed E-state index contributed by atoms with van der Waals surface area (Å²) in [6.45, 7) is 7.43. The van der Waals surface area contributed by atoms with Gasteiger partial charge in [0, 0.05) is 4.90 Å². The van der Waals surface area contributed by atoms with Crippen molar-refractivity contribution in [3.05, 3.63) is 35.6 Å². The Morgan fingerprint density at radius 2 is 1.83 bits per heavy atom. The molecule has 24 heavy (non-hydrogen) atoms. The molecule has 1 aromatic carbocycles. The summed E-state index contributed by atoms with van der Waals surface area (Å²) in [6.07, 6.45) is 0.104. The van der Waals surface area contributed by atoms with Gasteiger partial charge in [-0.15, -0.1) is 11.8 Å². The summed E-state index contributed by atoms with van der Waals surface area (Å²) in [5.74, 6) is -0.950. The van der Waals surface area contributed by atoms with Gasteiger partial charge < -0.3 is 14.4 Å². The number of halogens is 1. The van der Waals surface area contributed by atoms with Gasteiger partial charge in [-0.05, 0) is 51.3 Å². The maximum atomic E-state index is 15.2. The first-order valence-electron chi connectivity index (χ1n) is 7.85. The average Bonchev–Trinajstić information content (AvgIpc) is 2.73. The van der Waals surface area contributed by atoms with Gasteiger partial charge in [0.2, 0.25) is 0 Å². The normalized spacial score (nSPS) is 26.9. The van der Waals surface area contributed by atoms with Crippen LogP contribution in [-0.2, 0) is 14.1 Å². The number of hydrogen-bond donors (Lipinski definition) is 1. The van der Waals surface area contributed by atoms with Crippen molar-refractivity contribution in [1.82, 2.24) is 0 Å². The number of carboxylic acids is 1. The highest BCUT2D eigenvalue weighted by atomic mass is 32.2. The van der Waals surface area contributed by atoms with Crippen molar-refractivity contribution < 1.29 is 23.6 Å². The fourth-order valence-corrected chi connectivity index (χ4v) is 3.89. The van der Waals surface area contributed by atoms with Gasteiger partial charge >= 0.3 is 13.1 Å². The summed E-state index contributed by atoms with van der Waals surface area (Å²) in [5.41, 5.74) is -0.759. The molecule has 0 radical (unpaired) electrons. The summed E-state index contributed by atoms with van der Waals surface area (Å²) in [7, 11) is -1.12. The third-order valence-corrected chi connectivity index (χ3v) is 6.16. The maximum absolute atomic E-state index is 15.2. The Labute approximate surface area is 145 Å². The lowest BCUT2D eigenvalue weighted by atomic mass is 9.81. The van der Waals surface area contributed by atoms with Crippen LogP contribution in [-0.4, -0.2) is 34.6 Å². The molecule has 2 heterocycles. The number of fused-ring (bicyclic) bond motifs is 1. The van der Waals surface area contributed by atoms with Crippen LogP contribution in [0, 0.1) is 0 Å². The lowest BCUT2D eigenvalue weighted by Crippen LogP contribution is -2.41. The molecule has 1 unspecified atom stereocenters. The minimum absolute atomic E-state index is 0.104. The van der Waals surface area contributed by atoms with Crippen molar-refractivity contribution in [2.45, 2.75) is 55.5 Å². The first-order valence-corrected chi connectivity index (χ1v) is 8.73. The number of carbonyl (C=O) groups is 1. The van der Waals surface area contributed by atoms with Crippen LogP contribution in [0.25, 0.3) is 5.57 Å². The van der Waals surface area contributed by atoms with Crippen molar-refractivity contribution >= 4 is 30.4 Å². The average molecular weight is 350 g/mol. The van der Waals surface area contributed by atoms with Crippen LogP contribution in [0.5, 0.6) is 0 Å². The minimum atomic E-state index is -1.12. The van der Waals surface area contributed by atoms with Crippen LogP contribution in [0.4, 0.5) is 4.39 Å². The van der Waals surface area contributed by atoms with E-state index in [1.54, 1.807) is 6.07 Å². The first-order chi connectivity index (χ1) is 11.1. The van der Waals surface area contributed by atoms with Crippen molar-refractivity contribution in [3.8, 4) is 0 Å². The molecule has 128 valence electrons. The molecule has 4 nitrogen and oxygen atoms in total. The van der Waals surface area contributed by atoms with E-state index in [2.05, 4.69) is 0 Å². The Kier molecular flexibility index (Phi) is 4.30. The molecule has 0 aliphatic carbocycles. The van der Waals surface area contributed by atoms with Crippen LogP contribution in [0.15, 0.2) is 34.9 Å². The van der Waals surface area contributed by atoms with Crippen molar-refractivity contribution in [2.75, 3.05) is 0 Å². The van der Waals surface area contributed by atoms with Gasteiger partial charge in [0.25, 0.3) is 0 Å². The number of hydrogen-bond acceptors (Lipinski definition) is 4. The van der Waals surface area contributed by atoms with Crippen LogP contribution in [0.1, 0.15) is 39.7 Å². The third-order valence-electron chi connectivity index (χ3n) is 4.89. The number of allylic oxidation sites excluding steroid dienone is 1. The Morgan fingerprint density at radius 3 is 2.42 bits per heavy atom.